The van der Waals surface area contributed by atoms with E-state index in [-0.39, 0.29) is 24.2 Å². The first-order valence-electron chi connectivity index (χ1n) is 4.64. The van der Waals surface area contributed by atoms with E-state index in [0.29, 0.717) is 5.56 Å². The van der Waals surface area contributed by atoms with Crippen molar-refractivity contribution < 1.29 is 17.9 Å². The lowest BCUT2D eigenvalue weighted by molar-refractivity contribution is -0.275. The van der Waals surface area contributed by atoms with Crippen LogP contribution in [0.15, 0.2) is 24.3 Å². The normalized spacial score (nSPS) is 19.6. The van der Waals surface area contributed by atoms with Crippen molar-refractivity contribution in [1.82, 2.24) is 5.32 Å². The molecule has 1 aliphatic rings. The van der Waals surface area contributed by atoms with Crippen molar-refractivity contribution in [3.63, 3.8) is 0 Å². The Morgan fingerprint density at radius 2 is 1.88 bits per heavy atom. The van der Waals surface area contributed by atoms with Gasteiger partial charge in [-0.3, -0.25) is 0 Å². The first-order valence-corrected chi connectivity index (χ1v) is 4.64. The number of para-hydroxylation sites is 1. The van der Waals surface area contributed by atoms with E-state index in [1.807, 2.05) is 0 Å². The van der Waals surface area contributed by atoms with Gasteiger partial charge in [-0.05, 0) is 19.0 Å². The van der Waals surface area contributed by atoms with E-state index in [2.05, 4.69) is 10.1 Å². The summed E-state index contributed by atoms with van der Waals surface area (Å²) in [6, 6.07) is 6.21. The minimum absolute atomic E-state index is 0. The summed E-state index contributed by atoms with van der Waals surface area (Å²) in [6.45, 7) is 0.838. The molecule has 1 N–H and O–H groups in total. The highest BCUT2D eigenvalue weighted by molar-refractivity contribution is 5.85. The number of halogens is 4. The maximum atomic E-state index is 12.1. The predicted molar refractivity (Wildman–Crippen MR) is 55.7 cm³/mol. The van der Waals surface area contributed by atoms with E-state index in [4.69, 9.17) is 0 Å². The third kappa shape index (κ3) is 3.02. The Bertz CT molecular complexity index is 352. The van der Waals surface area contributed by atoms with Crippen LogP contribution in [-0.4, -0.2) is 12.9 Å². The number of rotatable bonds is 2. The lowest BCUT2D eigenvalue weighted by Gasteiger charge is -2.29. The molecule has 0 amide bonds. The molecular formula is C10H11ClF3NO. The van der Waals surface area contributed by atoms with Crippen molar-refractivity contribution in [3.05, 3.63) is 29.8 Å². The highest BCUT2D eigenvalue weighted by Gasteiger charge is 2.33. The van der Waals surface area contributed by atoms with Gasteiger partial charge < -0.3 is 10.1 Å². The van der Waals surface area contributed by atoms with Gasteiger partial charge in [0.1, 0.15) is 5.75 Å². The van der Waals surface area contributed by atoms with Crippen molar-refractivity contribution in [2.24, 2.45) is 0 Å². The zero-order chi connectivity index (χ0) is 10.9. The fourth-order valence-corrected chi connectivity index (χ4v) is 1.54. The molecule has 1 fully saturated rings. The van der Waals surface area contributed by atoms with Crippen LogP contribution in [0.2, 0.25) is 0 Å². The van der Waals surface area contributed by atoms with Gasteiger partial charge >= 0.3 is 6.36 Å². The third-order valence-corrected chi connectivity index (χ3v) is 2.34. The molecule has 6 heteroatoms. The average Bonchev–Trinajstić information content (AvgIpc) is 2.02. The SMILES string of the molecule is Cl.FC(F)(F)Oc1ccccc1[C@@H]1CCN1. The zero-order valence-corrected chi connectivity index (χ0v) is 9.07. The monoisotopic (exact) mass is 253 g/mol. The summed E-state index contributed by atoms with van der Waals surface area (Å²) in [7, 11) is 0. The summed E-state index contributed by atoms with van der Waals surface area (Å²) in [5.41, 5.74) is 0.570. The molecule has 0 saturated carbocycles. The number of hydrogen-bond donors (Lipinski definition) is 1. The molecule has 0 spiro atoms. The largest absolute Gasteiger partial charge is 0.573 e. The maximum absolute atomic E-state index is 12.1. The van der Waals surface area contributed by atoms with Gasteiger partial charge in [-0.1, -0.05) is 18.2 Å². The standard InChI is InChI=1S/C10H10F3NO.ClH/c11-10(12,13)15-9-4-2-1-3-7(9)8-5-6-14-8;/h1-4,8,14H,5-6H2;1H/t8-;/m0./s1. The van der Waals surface area contributed by atoms with Crippen molar-refractivity contribution in [3.8, 4) is 5.75 Å². The summed E-state index contributed by atoms with van der Waals surface area (Å²) in [6.07, 6.45) is -3.78. The second-order valence-corrected chi connectivity index (χ2v) is 3.38. The van der Waals surface area contributed by atoms with Crippen LogP contribution in [0.4, 0.5) is 13.2 Å². The second kappa shape index (κ2) is 4.93. The first-order chi connectivity index (χ1) is 7.06. The number of nitrogens with one attached hydrogen (secondary N) is 1. The summed E-state index contributed by atoms with van der Waals surface area (Å²) in [5.74, 6) is -0.109. The molecule has 2 nitrogen and oxygen atoms in total. The molecule has 0 bridgehead atoms. The van der Waals surface area contributed by atoms with E-state index < -0.39 is 6.36 Å². The van der Waals surface area contributed by atoms with Crippen LogP contribution >= 0.6 is 12.4 Å². The van der Waals surface area contributed by atoms with E-state index in [1.165, 1.54) is 12.1 Å². The summed E-state index contributed by atoms with van der Waals surface area (Å²) in [4.78, 5) is 0. The van der Waals surface area contributed by atoms with Crippen LogP contribution < -0.4 is 10.1 Å². The maximum Gasteiger partial charge on any atom is 0.573 e. The fraction of sp³-hybridized carbons (Fsp3) is 0.400. The topological polar surface area (TPSA) is 21.3 Å². The number of hydrogen-bond acceptors (Lipinski definition) is 2. The quantitative estimate of drug-likeness (QED) is 0.875. The second-order valence-electron chi connectivity index (χ2n) is 3.38. The van der Waals surface area contributed by atoms with Crippen LogP contribution in [0.1, 0.15) is 18.0 Å². The Kier molecular flexibility index (Phi) is 4.04. The van der Waals surface area contributed by atoms with Gasteiger partial charge in [-0.15, -0.1) is 25.6 Å². The van der Waals surface area contributed by atoms with Gasteiger partial charge in [-0.2, -0.15) is 0 Å². The molecule has 1 aromatic rings. The first kappa shape index (κ1) is 13.1. The van der Waals surface area contributed by atoms with Crippen LogP contribution in [0.5, 0.6) is 5.75 Å². The van der Waals surface area contributed by atoms with Crippen molar-refractivity contribution in [1.29, 1.82) is 0 Å². The fourth-order valence-electron chi connectivity index (χ4n) is 1.54. The predicted octanol–water partition coefficient (Wildman–Crippen LogP) is 3.04. The van der Waals surface area contributed by atoms with Gasteiger partial charge in [0.25, 0.3) is 0 Å². The third-order valence-electron chi connectivity index (χ3n) is 2.34. The summed E-state index contributed by atoms with van der Waals surface area (Å²) in [5, 5.41) is 3.04. The van der Waals surface area contributed by atoms with Crippen LogP contribution in [0, 0.1) is 0 Å². The van der Waals surface area contributed by atoms with Crippen LogP contribution in [0.25, 0.3) is 0 Å². The van der Waals surface area contributed by atoms with E-state index in [1.54, 1.807) is 12.1 Å². The number of benzene rings is 1. The molecule has 1 saturated heterocycles. The molecule has 1 atom stereocenters. The molecular weight excluding hydrogens is 243 g/mol. The van der Waals surface area contributed by atoms with Gasteiger partial charge in [0.05, 0.1) is 0 Å². The zero-order valence-electron chi connectivity index (χ0n) is 8.25. The van der Waals surface area contributed by atoms with Crippen LogP contribution in [0.3, 0.4) is 0 Å². The lowest BCUT2D eigenvalue weighted by atomic mass is 9.97. The molecule has 1 aromatic carbocycles. The minimum Gasteiger partial charge on any atom is -0.405 e. The van der Waals surface area contributed by atoms with Gasteiger partial charge in [0.15, 0.2) is 0 Å². The molecule has 90 valence electrons. The molecule has 16 heavy (non-hydrogen) atoms. The van der Waals surface area contributed by atoms with Crippen LogP contribution in [-0.2, 0) is 0 Å². The van der Waals surface area contributed by atoms with E-state index in [9.17, 15) is 13.2 Å². The molecule has 0 aromatic heterocycles. The number of alkyl halides is 3. The minimum atomic E-state index is -4.63. The van der Waals surface area contributed by atoms with E-state index >= 15 is 0 Å². The Morgan fingerprint density at radius 3 is 2.38 bits per heavy atom. The summed E-state index contributed by atoms with van der Waals surface area (Å²) < 4.78 is 40.1. The Labute approximate surface area is 97.2 Å². The highest BCUT2D eigenvalue weighted by atomic mass is 35.5. The Balaban J connectivity index is 0.00000128. The Hall–Kier alpha value is -0.940. The molecule has 0 aliphatic carbocycles. The summed E-state index contributed by atoms with van der Waals surface area (Å²) >= 11 is 0. The smallest absolute Gasteiger partial charge is 0.405 e. The average molecular weight is 254 g/mol. The van der Waals surface area contributed by atoms with Crippen molar-refractivity contribution in [2.75, 3.05) is 6.54 Å². The van der Waals surface area contributed by atoms with E-state index in [0.717, 1.165) is 13.0 Å². The van der Waals surface area contributed by atoms with Gasteiger partial charge in [0, 0.05) is 11.6 Å². The lowest BCUT2D eigenvalue weighted by Crippen LogP contribution is -2.35. The van der Waals surface area contributed by atoms with Crippen molar-refractivity contribution >= 4 is 12.4 Å². The molecule has 1 aliphatic heterocycles. The van der Waals surface area contributed by atoms with Gasteiger partial charge in [0.2, 0.25) is 0 Å². The van der Waals surface area contributed by atoms with Crippen molar-refractivity contribution in [2.45, 2.75) is 18.8 Å². The number of ether oxygens (including phenoxy) is 1. The molecule has 2 rings (SSSR count). The molecule has 0 unspecified atom stereocenters. The molecule has 0 radical (unpaired) electrons. The highest BCUT2D eigenvalue weighted by Crippen LogP contribution is 2.33. The molecule has 1 heterocycles. The Morgan fingerprint density at radius 1 is 1.25 bits per heavy atom. The van der Waals surface area contributed by atoms with Gasteiger partial charge in [-0.25, -0.2) is 0 Å².